The number of thiazole rings is 2. The van der Waals surface area contributed by atoms with Gasteiger partial charge in [0.1, 0.15) is 15.9 Å². The lowest BCUT2D eigenvalue weighted by Crippen LogP contribution is -2.35. The highest BCUT2D eigenvalue weighted by molar-refractivity contribution is 8.03. The van der Waals surface area contributed by atoms with Gasteiger partial charge in [0.15, 0.2) is 0 Å². The molecule has 0 radical (unpaired) electrons. The zero-order chi connectivity index (χ0) is 31.4. The second kappa shape index (κ2) is 12.2. The Hall–Kier alpha value is -3.65. The zero-order valence-corrected chi connectivity index (χ0v) is 29.0. The minimum Gasteiger partial charge on any atom is -0.335 e. The first-order valence-electron chi connectivity index (χ1n) is 16.5. The van der Waals surface area contributed by atoms with Crippen LogP contribution in [0.3, 0.4) is 0 Å². The van der Waals surface area contributed by atoms with Gasteiger partial charge in [0.05, 0.1) is 26.7 Å². The van der Waals surface area contributed by atoms with Crippen molar-refractivity contribution in [3.8, 4) is 0 Å². The molecule has 0 fully saturated rings. The van der Waals surface area contributed by atoms with Gasteiger partial charge in [0.25, 0.3) is 10.6 Å². The molecule has 0 saturated carbocycles. The fourth-order valence-electron chi connectivity index (χ4n) is 7.36. The average molecular weight is 661 g/mol. The summed E-state index contributed by atoms with van der Waals surface area (Å²) in [6.07, 6.45) is 13.8. The Bertz CT molecular complexity index is 2300. The summed E-state index contributed by atoms with van der Waals surface area (Å²) in [5.41, 5.74) is 6.74. The normalized spacial score (nSPS) is 20.4. The number of fused-ring (bicyclic) bond motifs is 5. The molecule has 5 aromatic rings. The van der Waals surface area contributed by atoms with Crippen LogP contribution in [0.25, 0.3) is 32.6 Å². The van der Waals surface area contributed by atoms with Gasteiger partial charge < -0.3 is 4.90 Å². The van der Waals surface area contributed by atoms with Crippen LogP contribution < -0.4 is 24.2 Å². The molecule has 3 aromatic carbocycles. The molecular formula is C39H38N3OS3+. The third kappa shape index (κ3) is 5.04. The molecule has 0 saturated heterocycles. The van der Waals surface area contributed by atoms with Crippen LogP contribution in [0.5, 0.6) is 0 Å². The standard InChI is InChI=1S/C39H38N3OS3/c1-4-40-31-13-9-10-14-32(31)44-34(40)22-25-15-16-26-17-18-28(23-29(26)21-25)38-39(43)42(6-3)36(46-38)24-35-41(5-2)37-30-12-8-7-11-27(30)19-20-33(37)45-35/h7-14,19-24,26H,4-6,15-18H2,1-3H3/q+1/b34-22-,38-28+. The van der Waals surface area contributed by atoms with E-state index in [9.17, 15) is 4.79 Å². The van der Waals surface area contributed by atoms with Crippen molar-refractivity contribution in [1.82, 2.24) is 4.57 Å². The van der Waals surface area contributed by atoms with E-state index in [4.69, 9.17) is 0 Å². The Kier molecular flexibility index (Phi) is 7.87. The maximum absolute atomic E-state index is 13.9. The van der Waals surface area contributed by atoms with Crippen molar-refractivity contribution in [2.24, 2.45) is 5.92 Å². The molecule has 1 atom stereocenters. The Balaban J connectivity index is 1.21. The first kappa shape index (κ1) is 29.7. The van der Waals surface area contributed by atoms with E-state index < -0.39 is 0 Å². The SMILES string of the molecule is CCN1/C(=C/C2=CC3=C/C(=c4/s/c(=C\c5sc6ccc7ccccc7c6[n+]5CC)n(CC)c4=O)CCC3CC2)Sc2ccccc21. The van der Waals surface area contributed by atoms with Gasteiger partial charge >= 0.3 is 0 Å². The predicted octanol–water partition coefficient (Wildman–Crippen LogP) is 8.11. The maximum Gasteiger partial charge on any atom is 0.269 e. The van der Waals surface area contributed by atoms with Crippen LogP contribution in [0.15, 0.2) is 105 Å². The lowest BCUT2D eigenvalue weighted by Gasteiger charge is -2.28. The van der Waals surface area contributed by atoms with Crippen LogP contribution >= 0.6 is 34.4 Å². The first-order chi connectivity index (χ1) is 22.6. The number of thioether (sulfide) groups is 1. The number of benzene rings is 3. The van der Waals surface area contributed by atoms with E-state index in [-0.39, 0.29) is 5.56 Å². The van der Waals surface area contributed by atoms with Crippen LogP contribution in [0.2, 0.25) is 0 Å². The van der Waals surface area contributed by atoms with Crippen molar-refractivity contribution in [3.63, 3.8) is 0 Å². The van der Waals surface area contributed by atoms with Crippen LogP contribution in [-0.2, 0) is 13.1 Å². The molecule has 8 rings (SSSR count). The second-order valence-electron chi connectivity index (χ2n) is 12.2. The number of hydrogen-bond donors (Lipinski definition) is 0. The van der Waals surface area contributed by atoms with Gasteiger partial charge in [0, 0.05) is 18.0 Å². The minimum atomic E-state index is 0.152. The molecule has 0 spiro atoms. The summed E-state index contributed by atoms with van der Waals surface area (Å²) in [4.78, 5) is 17.7. The van der Waals surface area contributed by atoms with Crippen molar-refractivity contribution in [3.05, 3.63) is 120 Å². The van der Waals surface area contributed by atoms with Crippen molar-refractivity contribution in [2.45, 2.75) is 64.4 Å². The third-order valence-electron chi connectivity index (χ3n) is 9.67. The van der Waals surface area contributed by atoms with Gasteiger partial charge in [-0.15, -0.1) is 11.3 Å². The van der Waals surface area contributed by atoms with Crippen molar-refractivity contribution in [2.75, 3.05) is 11.4 Å². The minimum absolute atomic E-state index is 0.152. The molecule has 0 N–H and O–H groups in total. The third-order valence-corrected chi connectivity index (χ3v) is 13.1. The van der Waals surface area contributed by atoms with E-state index in [1.54, 1.807) is 11.3 Å². The van der Waals surface area contributed by atoms with E-state index in [2.05, 4.69) is 115 Å². The van der Waals surface area contributed by atoms with Gasteiger partial charge in [-0.25, -0.2) is 0 Å². The predicted molar refractivity (Wildman–Crippen MR) is 197 cm³/mol. The highest BCUT2D eigenvalue weighted by Crippen LogP contribution is 2.47. The molecule has 7 heteroatoms. The van der Waals surface area contributed by atoms with Crippen LogP contribution in [0, 0.1) is 5.92 Å². The van der Waals surface area contributed by atoms with Gasteiger partial charge in [-0.2, -0.15) is 4.57 Å². The largest absolute Gasteiger partial charge is 0.335 e. The number of para-hydroxylation sites is 1. The molecule has 1 aliphatic heterocycles. The van der Waals surface area contributed by atoms with Gasteiger partial charge in [0.2, 0.25) is 5.52 Å². The highest BCUT2D eigenvalue weighted by atomic mass is 32.2. The molecular weight excluding hydrogens is 623 g/mol. The first-order valence-corrected chi connectivity index (χ1v) is 19.0. The van der Waals surface area contributed by atoms with E-state index in [0.717, 1.165) is 41.5 Å². The van der Waals surface area contributed by atoms with E-state index in [1.807, 2.05) is 27.7 Å². The lowest BCUT2D eigenvalue weighted by atomic mass is 9.77. The number of rotatable bonds is 5. The lowest BCUT2D eigenvalue weighted by molar-refractivity contribution is -0.664. The molecule has 4 nitrogen and oxygen atoms in total. The van der Waals surface area contributed by atoms with E-state index in [1.165, 1.54) is 64.7 Å². The summed E-state index contributed by atoms with van der Waals surface area (Å²) < 4.78 is 7.61. The number of nitrogens with zero attached hydrogens (tertiary/aromatic N) is 3. The summed E-state index contributed by atoms with van der Waals surface area (Å²) in [6.45, 7) is 9.04. The monoisotopic (exact) mass is 660 g/mol. The molecule has 232 valence electrons. The fourth-order valence-corrected chi connectivity index (χ4v) is 11.0. The average Bonchev–Trinajstić information content (AvgIpc) is 3.73. The van der Waals surface area contributed by atoms with Crippen molar-refractivity contribution >= 4 is 72.8 Å². The Morgan fingerprint density at radius 3 is 2.57 bits per heavy atom. The molecule has 1 unspecified atom stereocenters. The molecule has 0 bridgehead atoms. The number of aromatic nitrogens is 2. The topological polar surface area (TPSA) is 29.1 Å². The van der Waals surface area contributed by atoms with E-state index >= 15 is 0 Å². The van der Waals surface area contributed by atoms with Crippen molar-refractivity contribution in [1.29, 1.82) is 0 Å². The Labute approximate surface area is 282 Å². The number of aryl methyl sites for hydroxylation is 1. The van der Waals surface area contributed by atoms with Crippen LogP contribution in [-0.4, -0.2) is 11.1 Å². The molecule has 46 heavy (non-hydrogen) atoms. The van der Waals surface area contributed by atoms with Crippen LogP contribution in [0.1, 0.15) is 51.5 Å². The molecule has 2 aromatic heterocycles. The highest BCUT2D eigenvalue weighted by Gasteiger charge is 2.27. The number of hydrogen-bond acceptors (Lipinski definition) is 5. The summed E-state index contributed by atoms with van der Waals surface area (Å²) >= 11 is 5.36. The van der Waals surface area contributed by atoms with Gasteiger partial charge in [-0.05, 0) is 105 Å². The summed E-state index contributed by atoms with van der Waals surface area (Å²) in [5, 5.41) is 5.05. The van der Waals surface area contributed by atoms with E-state index in [0.29, 0.717) is 12.5 Å². The Morgan fingerprint density at radius 1 is 0.891 bits per heavy atom. The molecule has 0 amide bonds. The number of allylic oxidation sites excluding steroid dienone is 5. The van der Waals surface area contributed by atoms with Gasteiger partial charge in [-0.3, -0.25) is 9.36 Å². The van der Waals surface area contributed by atoms with Crippen LogP contribution in [0.4, 0.5) is 5.69 Å². The second-order valence-corrected chi connectivity index (χ2v) is 15.4. The Morgan fingerprint density at radius 2 is 1.72 bits per heavy atom. The quantitative estimate of drug-likeness (QED) is 0.178. The molecule has 3 aliphatic rings. The zero-order valence-electron chi connectivity index (χ0n) is 26.6. The number of anilines is 1. The fraction of sp³-hybridized carbons (Fsp3) is 0.282. The van der Waals surface area contributed by atoms with Crippen molar-refractivity contribution < 1.29 is 4.57 Å². The molecule has 2 aliphatic carbocycles. The summed E-state index contributed by atoms with van der Waals surface area (Å²) in [5.74, 6) is 0.581. The maximum atomic E-state index is 13.9. The smallest absolute Gasteiger partial charge is 0.269 e. The summed E-state index contributed by atoms with van der Waals surface area (Å²) in [7, 11) is 0. The molecule has 3 heterocycles. The van der Waals surface area contributed by atoms with Gasteiger partial charge in [-0.1, -0.05) is 71.6 Å². The summed E-state index contributed by atoms with van der Waals surface area (Å²) in [6, 6.07) is 21.8.